The van der Waals surface area contributed by atoms with Crippen molar-refractivity contribution in [3.63, 3.8) is 0 Å². The molecule has 0 atom stereocenters. The number of benzene rings is 1. The van der Waals surface area contributed by atoms with Gasteiger partial charge in [-0.05, 0) is 31.2 Å². The Balaban J connectivity index is 0.00000196. The van der Waals surface area contributed by atoms with Gasteiger partial charge in [-0.1, -0.05) is 12.1 Å². The van der Waals surface area contributed by atoms with Crippen LogP contribution in [0.1, 0.15) is 6.42 Å². The van der Waals surface area contributed by atoms with Crippen molar-refractivity contribution in [3.05, 3.63) is 48.9 Å². The minimum atomic E-state index is 0. The number of pyridine rings is 1. The SMILES string of the molecule is Cl.NCCCNc1ncc(-c2cn[nH]c2)cc1-c1nc2ccccc2o1. The number of hydrogen-bond acceptors (Lipinski definition) is 6. The summed E-state index contributed by atoms with van der Waals surface area (Å²) in [4.78, 5) is 9.16. The van der Waals surface area contributed by atoms with Gasteiger partial charge in [-0.25, -0.2) is 9.97 Å². The van der Waals surface area contributed by atoms with Gasteiger partial charge in [0.2, 0.25) is 5.89 Å². The molecule has 4 rings (SSSR count). The van der Waals surface area contributed by atoms with Crippen molar-refractivity contribution in [1.82, 2.24) is 20.2 Å². The number of nitrogens with one attached hydrogen (secondary N) is 2. The molecule has 0 unspecified atom stereocenters. The fraction of sp³-hybridized carbons (Fsp3) is 0.167. The van der Waals surface area contributed by atoms with Crippen LogP contribution in [0, 0.1) is 0 Å². The molecule has 7 nitrogen and oxygen atoms in total. The number of oxazole rings is 1. The minimum absolute atomic E-state index is 0. The number of anilines is 1. The summed E-state index contributed by atoms with van der Waals surface area (Å²) in [6.45, 7) is 1.36. The highest BCUT2D eigenvalue weighted by Gasteiger charge is 2.15. The van der Waals surface area contributed by atoms with E-state index in [0.717, 1.165) is 46.6 Å². The van der Waals surface area contributed by atoms with Gasteiger partial charge in [0.05, 0.1) is 11.8 Å². The molecule has 3 aromatic heterocycles. The van der Waals surface area contributed by atoms with Crippen LogP contribution in [0.25, 0.3) is 33.7 Å². The van der Waals surface area contributed by atoms with E-state index in [1.165, 1.54) is 0 Å². The Labute approximate surface area is 156 Å². The van der Waals surface area contributed by atoms with Gasteiger partial charge in [-0.2, -0.15) is 5.10 Å². The van der Waals surface area contributed by atoms with Crippen molar-refractivity contribution in [2.24, 2.45) is 5.73 Å². The van der Waals surface area contributed by atoms with E-state index >= 15 is 0 Å². The van der Waals surface area contributed by atoms with Gasteiger partial charge in [0, 0.05) is 30.1 Å². The third kappa shape index (κ3) is 3.54. The molecule has 0 spiro atoms. The third-order valence-electron chi connectivity index (χ3n) is 3.92. The second kappa shape index (κ2) is 7.99. The van der Waals surface area contributed by atoms with Crippen LogP contribution >= 0.6 is 12.4 Å². The number of aromatic nitrogens is 4. The van der Waals surface area contributed by atoms with Crippen LogP contribution < -0.4 is 11.1 Å². The predicted octanol–water partition coefficient (Wildman–Crippen LogP) is 3.46. The molecule has 0 amide bonds. The smallest absolute Gasteiger partial charge is 0.231 e. The molecule has 0 aliphatic rings. The van der Waals surface area contributed by atoms with Crippen LogP contribution in [0.15, 0.2) is 53.3 Å². The van der Waals surface area contributed by atoms with Crippen molar-refractivity contribution in [2.45, 2.75) is 6.42 Å². The number of hydrogen-bond donors (Lipinski definition) is 3. The lowest BCUT2D eigenvalue weighted by Crippen LogP contribution is -2.10. The van der Waals surface area contributed by atoms with Crippen LogP contribution in [0.4, 0.5) is 5.82 Å². The molecule has 0 aliphatic heterocycles. The molecule has 0 radical (unpaired) electrons. The van der Waals surface area contributed by atoms with E-state index in [9.17, 15) is 0 Å². The summed E-state index contributed by atoms with van der Waals surface area (Å²) < 4.78 is 5.93. The Morgan fingerprint density at radius 1 is 1.15 bits per heavy atom. The number of H-pyrrole nitrogens is 1. The number of fused-ring (bicyclic) bond motifs is 1. The minimum Gasteiger partial charge on any atom is -0.436 e. The maximum atomic E-state index is 5.93. The number of nitrogens with zero attached hydrogens (tertiary/aromatic N) is 3. The monoisotopic (exact) mass is 370 g/mol. The van der Waals surface area contributed by atoms with Gasteiger partial charge in [0.1, 0.15) is 11.3 Å². The lowest BCUT2D eigenvalue weighted by molar-refractivity contribution is 0.619. The number of halogens is 1. The Kier molecular flexibility index (Phi) is 5.50. The molecule has 4 N–H and O–H groups in total. The van der Waals surface area contributed by atoms with Crippen molar-refractivity contribution in [3.8, 4) is 22.6 Å². The highest BCUT2D eigenvalue weighted by atomic mass is 35.5. The Hall–Kier alpha value is -2.90. The Morgan fingerprint density at radius 3 is 2.81 bits per heavy atom. The molecule has 0 fully saturated rings. The largest absolute Gasteiger partial charge is 0.436 e. The molecule has 3 heterocycles. The molecular weight excluding hydrogens is 352 g/mol. The van der Waals surface area contributed by atoms with Gasteiger partial charge in [0.15, 0.2) is 5.58 Å². The average molecular weight is 371 g/mol. The maximum Gasteiger partial charge on any atom is 0.231 e. The fourth-order valence-electron chi connectivity index (χ4n) is 2.63. The molecule has 1 aromatic carbocycles. The summed E-state index contributed by atoms with van der Waals surface area (Å²) in [7, 11) is 0. The quantitative estimate of drug-likeness (QED) is 0.449. The zero-order chi connectivity index (χ0) is 17.1. The van der Waals surface area contributed by atoms with Gasteiger partial charge in [-0.3, -0.25) is 5.10 Å². The van der Waals surface area contributed by atoms with E-state index in [4.69, 9.17) is 10.2 Å². The standard InChI is InChI=1S/C18H18N6O.ClH/c19-6-3-7-20-17-14(8-12(9-21-17)13-10-22-23-11-13)18-24-15-4-1-2-5-16(15)25-18;/h1-2,4-5,8-11H,3,6-7,19H2,(H,20,21)(H,22,23);1H. The van der Waals surface area contributed by atoms with Crippen LogP contribution in [-0.4, -0.2) is 33.3 Å². The van der Waals surface area contributed by atoms with Crippen molar-refractivity contribution in [1.29, 1.82) is 0 Å². The summed E-state index contributed by atoms with van der Waals surface area (Å²) in [5.74, 6) is 1.27. The van der Waals surface area contributed by atoms with E-state index in [1.807, 2.05) is 42.7 Å². The zero-order valence-electron chi connectivity index (χ0n) is 14.0. The molecule has 0 aliphatic carbocycles. The van der Waals surface area contributed by atoms with Crippen molar-refractivity contribution in [2.75, 3.05) is 18.4 Å². The second-order valence-electron chi connectivity index (χ2n) is 5.66. The lowest BCUT2D eigenvalue weighted by Gasteiger charge is -2.10. The van der Waals surface area contributed by atoms with E-state index in [2.05, 4.69) is 25.5 Å². The van der Waals surface area contributed by atoms with Crippen LogP contribution in [0.5, 0.6) is 0 Å². The Bertz CT molecular complexity index is 949. The van der Waals surface area contributed by atoms with Crippen LogP contribution in [0.2, 0.25) is 0 Å². The zero-order valence-corrected chi connectivity index (χ0v) is 14.8. The average Bonchev–Trinajstić information content (AvgIpc) is 3.31. The van der Waals surface area contributed by atoms with Gasteiger partial charge in [-0.15, -0.1) is 12.4 Å². The van der Waals surface area contributed by atoms with Gasteiger partial charge < -0.3 is 15.5 Å². The molecule has 26 heavy (non-hydrogen) atoms. The highest BCUT2D eigenvalue weighted by Crippen LogP contribution is 2.32. The number of para-hydroxylation sites is 2. The van der Waals surface area contributed by atoms with Crippen molar-refractivity contribution < 1.29 is 4.42 Å². The normalized spacial score (nSPS) is 10.7. The van der Waals surface area contributed by atoms with Crippen molar-refractivity contribution >= 4 is 29.3 Å². The lowest BCUT2D eigenvalue weighted by atomic mass is 10.1. The van der Waals surface area contributed by atoms with E-state index < -0.39 is 0 Å². The molecule has 4 aromatic rings. The highest BCUT2D eigenvalue weighted by molar-refractivity contribution is 5.85. The van der Waals surface area contributed by atoms with E-state index in [0.29, 0.717) is 12.4 Å². The summed E-state index contributed by atoms with van der Waals surface area (Å²) >= 11 is 0. The molecule has 8 heteroatoms. The van der Waals surface area contributed by atoms with Gasteiger partial charge in [0.25, 0.3) is 0 Å². The summed E-state index contributed by atoms with van der Waals surface area (Å²) in [5, 5.41) is 10.1. The number of rotatable bonds is 6. The summed E-state index contributed by atoms with van der Waals surface area (Å²) in [6.07, 6.45) is 6.25. The first kappa shape index (κ1) is 17.9. The topological polar surface area (TPSA) is 106 Å². The Morgan fingerprint density at radius 2 is 2.04 bits per heavy atom. The van der Waals surface area contributed by atoms with E-state index in [1.54, 1.807) is 6.20 Å². The second-order valence-corrected chi connectivity index (χ2v) is 5.66. The third-order valence-corrected chi connectivity index (χ3v) is 3.92. The van der Waals surface area contributed by atoms with Crippen LogP contribution in [-0.2, 0) is 0 Å². The summed E-state index contributed by atoms with van der Waals surface area (Å²) in [6, 6.07) is 9.71. The predicted molar refractivity (Wildman–Crippen MR) is 104 cm³/mol. The fourth-order valence-corrected chi connectivity index (χ4v) is 2.63. The maximum absolute atomic E-state index is 5.93. The first-order valence-corrected chi connectivity index (χ1v) is 8.14. The van der Waals surface area contributed by atoms with Gasteiger partial charge >= 0.3 is 0 Å². The van der Waals surface area contributed by atoms with E-state index in [-0.39, 0.29) is 12.4 Å². The first-order valence-electron chi connectivity index (χ1n) is 8.14. The first-order chi connectivity index (χ1) is 12.3. The molecule has 0 saturated heterocycles. The summed E-state index contributed by atoms with van der Waals surface area (Å²) in [5.41, 5.74) is 9.86. The molecule has 0 bridgehead atoms. The number of aromatic amines is 1. The molecule has 0 saturated carbocycles. The number of nitrogens with two attached hydrogens (primary N) is 1. The molecule has 134 valence electrons. The molecular formula is C18H19ClN6O. The van der Waals surface area contributed by atoms with Crippen LogP contribution in [0.3, 0.4) is 0 Å².